The standard InChI is InChI=1S/C22H28N2O4/c1-16-12-18(7-10-21(16)28-15-26-2)23-22(25)14-24-11-5-4-6-17-13-19(27-3)8-9-20(17)24/h7-10,12-13H,4-6,11,14-15H2,1-3H3,(H,23,25). The molecule has 0 aliphatic carbocycles. The summed E-state index contributed by atoms with van der Waals surface area (Å²) in [5.74, 6) is 1.57. The van der Waals surface area contributed by atoms with E-state index in [0.29, 0.717) is 6.54 Å². The topological polar surface area (TPSA) is 60.0 Å². The average Bonchev–Trinajstić information content (AvgIpc) is 2.89. The normalized spacial score (nSPS) is 13.5. The molecular weight excluding hydrogens is 356 g/mol. The minimum absolute atomic E-state index is 0.0337. The van der Waals surface area contributed by atoms with Gasteiger partial charge in [0.25, 0.3) is 0 Å². The van der Waals surface area contributed by atoms with Gasteiger partial charge in [0.15, 0.2) is 6.79 Å². The largest absolute Gasteiger partial charge is 0.497 e. The van der Waals surface area contributed by atoms with Crippen LogP contribution in [0, 0.1) is 6.92 Å². The van der Waals surface area contributed by atoms with Crippen LogP contribution >= 0.6 is 0 Å². The molecule has 0 aromatic heterocycles. The van der Waals surface area contributed by atoms with E-state index in [9.17, 15) is 4.79 Å². The van der Waals surface area contributed by atoms with Gasteiger partial charge in [0.1, 0.15) is 11.5 Å². The third kappa shape index (κ3) is 4.95. The minimum atomic E-state index is -0.0337. The Labute approximate surface area is 166 Å². The second kappa shape index (κ2) is 9.46. The summed E-state index contributed by atoms with van der Waals surface area (Å²) in [4.78, 5) is 14.8. The zero-order chi connectivity index (χ0) is 19.9. The van der Waals surface area contributed by atoms with E-state index in [-0.39, 0.29) is 12.7 Å². The maximum atomic E-state index is 12.7. The van der Waals surface area contributed by atoms with Crippen LogP contribution in [0.25, 0.3) is 0 Å². The summed E-state index contributed by atoms with van der Waals surface area (Å²) in [5, 5.41) is 3.00. The summed E-state index contributed by atoms with van der Waals surface area (Å²) in [5.41, 5.74) is 4.06. The summed E-state index contributed by atoms with van der Waals surface area (Å²) in [7, 11) is 3.26. The smallest absolute Gasteiger partial charge is 0.243 e. The molecule has 1 amide bonds. The summed E-state index contributed by atoms with van der Waals surface area (Å²) in [6.45, 7) is 3.33. The molecule has 6 heteroatoms. The van der Waals surface area contributed by atoms with Crippen molar-refractivity contribution in [2.75, 3.05) is 44.3 Å². The van der Waals surface area contributed by atoms with Crippen LogP contribution in [0.4, 0.5) is 11.4 Å². The Kier molecular flexibility index (Phi) is 6.76. The molecule has 1 aliphatic rings. The van der Waals surface area contributed by atoms with E-state index in [1.807, 2.05) is 31.2 Å². The molecule has 0 saturated heterocycles. The van der Waals surface area contributed by atoms with E-state index >= 15 is 0 Å². The number of carbonyl (C=O) groups is 1. The summed E-state index contributed by atoms with van der Waals surface area (Å²) in [6.07, 6.45) is 3.18. The molecule has 0 radical (unpaired) electrons. The molecule has 28 heavy (non-hydrogen) atoms. The summed E-state index contributed by atoms with van der Waals surface area (Å²) < 4.78 is 15.8. The third-order valence-electron chi connectivity index (χ3n) is 4.88. The number of hydrogen-bond acceptors (Lipinski definition) is 5. The molecule has 1 aliphatic heterocycles. The van der Waals surface area contributed by atoms with E-state index in [1.54, 1.807) is 14.2 Å². The molecule has 0 bridgehead atoms. The lowest BCUT2D eigenvalue weighted by Crippen LogP contribution is -2.34. The van der Waals surface area contributed by atoms with E-state index in [2.05, 4.69) is 22.3 Å². The molecule has 2 aromatic rings. The zero-order valence-corrected chi connectivity index (χ0v) is 16.8. The van der Waals surface area contributed by atoms with Crippen LogP contribution < -0.4 is 19.7 Å². The second-order valence-corrected chi connectivity index (χ2v) is 6.95. The molecule has 0 unspecified atom stereocenters. The lowest BCUT2D eigenvalue weighted by atomic mass is 10.1. The van der Waals surface area contributed by atoms with Gasteiger partial charge in [0.05, 0.1) is 13.7 Å². The first-order chi connectivity index (χ1) is 13.6. The first-order valence-electron chi connectivity index (χ1n) is 9.55. The predicted molar refractivity (Wildman–Crippen MR) is 110 cm³/mol. The fourth-order valence-electron chi connectivity index (χ4n) is 3.49. The van der Waals surface area contributed by atoms with Gasteiger partial charge in [0.2, 0.25) is 5.91 Å². The number of fused-ring (bicyclic) bond motifs is 1. The first-order valence-corrected chi connectivity index (χ1v) is 9.55. The van der Waals surface area contributed by atoms with Gasteiger partial charge < -0.3 is 24.4 Å². The summed E-state index contributed by atoms with van der Waals surface area (Å²) >= 11 is 0. The van der Waals surface area contributed by atoms with Gasteiger partial charge in [0, 0.05) is 25.0 Å². The van der Waals surface area contributed by atoms with Crippen molar-refractivity contribution in [3.05, 3.63) is 47.5 Å². The number of hydrogen-bond donors (Lipinski definition) is 1. The van der Waals surface area contributed by atoms with E-state index < -0.39 is 0 Å². The number of aryl methyl sites for hydroxylation is 2. The van der Waals surface area contributed by atoms with Gasteiger partial charge in [-0.3, -0.25) is 4.79 Å². The molecule has 0 atom stereocenters. The van der Waals surface area contributed by atoms with Gasteiger partial charge in [-0.25, -0.2) is 0 Å². The van der Waals surface area contributed by atoms with Crippen molar-refractivity contribution in [1.29, 1.82) is 0 Å². The molecule has 0 spiro atoms. The maximum absolute atomic E-state index is 12.7. The Morgan fingerprint density at radius 2 is 2.00 bits per heavy atom. The van der Waals surface area contributed by atoms with Crippen LogP contribution in [-0.4, -0.2) is 40.0 Å². The number of methoxy groups -OCH3 is 2. The monoisotopic (exact) mass is 384 g/mol. The fourth-order valence-corrected chi connectivity index (χ4v) is 3.49. The van der Waals surface area contributed by atoms with E-state index in [1.165, 1.54) is 5.56 Å². The van der Waals surface area contributed by atoms with Crippen LogP contribution in [0.2, 0.25) is 0 Å². The van der Waals surface area contributed by atoms with Crippen molar-refractivity contribution in [2.45, 2.75) is 26.2 Å². The van der Waals surface area contributed by atoms with Crippen molar-refractivity contribution in [3.8, 4) is 11.5 Å². The Balaban J connectivity index is 1.67. The van der Waals surface area contributed by atoms with Gasteiger partial charge in [-0.05, 0) is 73.7 Å². The molecule has 150 valence electrons. The van der Waals surface area contributed by atoms with Gasteiger partial charge in [-0.15, -0.1) is 0 Å². The highest BCUT2D eigenvalue weighted by atomic mass is 16.7. The van der Waals surface area contributed by atoms with Gasteiger partial charge >= 0.3 is 0 Å². The number of ether oxygens (including phenoxy) is 3. The molecule has 0 saturated carbocycles. The lowest BCUT2D eigenvalue weighted by Gasteiger charge is -2.24. The fraction of sp³-hybridized carbons (Fsp3) is 0.409. The highest BCUT2D eigenvalue weighted by Gasteiger charge is 2.18. The Bertz CT molecular complexity index is 822. The maximum Gasteiger partial charge on any atom is 0.243 e. The number of benzene rings is 2. The molecule has 1 N–H and O–H groups in total. The van der Waals surface area contributed by atoms with Crippen LogP contribution in [0.15, 0.2) is 36.4 Å². The SMILES string of the molecule is COCOc1ccc(NC(=O)CN2CCCCc3cc(OC)ccc32)cc1C. The molecule has 1 heterocycles. The van der Waals surface area contributed by atoms with Crippen molar-refractivity contribution in [1.82, 2.24) is 0 Å². The Hall–Kier alpha value is -2.73. The van der Waals surface area contributed by atoms with Crippen molar-refractivity contribution >= 4 is 17.3 Å². The number of carbonyl (C=O) groups excluding carboxylic acids is 1. The number of amides is 1. The molecule has 2 aromatic carbocycles. The Morgan fingerprint density at radius 1 is 1.14 bits per heavy atom. The molecular formula is C22H28N2O4. The van der Waals surface area contributed by atoms with E-state index in [0.717, 1.165) is 54.2 Å². The average molecular weight is 384 g/mol. The van der Waals surface area contributed by atoms with Gasteiger partial charge in [-0.2, -0.15) is 0 Å². The minimum Gasteiger partial charge on any atom is -0.497 e. The molecule has 6 nitrogen and oxygen atoms in total. The number of anilines is 2. The third-order valence-corrected chi connectivity index (χ3v) is 4.88. The molecule has 0 fully saturated rings. The zero-order valence-electron chi connectivity index (χ0n) is 16.8. The second-order valence-electron chi connectivity index (χ2n) is 6.95. The quantitative estimate of drug-likeness (QED) is 0.737. The first kappa shape index (κ1) is 20.0. The van der Waals surface area contributed by atoms with Crippen LogP contribution in [0.5, 0.6) is 11.5 Å². The number of nitrogens with one attached hydrogen (secondary N) is 1. The van der Waals surface area contributed by atoms with Crippen molar-refractivity contribution < 1.29 is 19.0 Å². The Morgan fingerprint density at radius 3 is 2.75 bits per heavy atom. The van der Waals surface area contributed by atoms with E-state index in [4.69, 9.17) is 14.2 Å². The van der Waals surface area contributed by atoms with Crippen LogP contribution in [-0.2, 0) is 16.0 Å². The van der Waals surface area contributed by atoms with Crippen molar-refractivity contribution in [3.63, 3.8) is 0 Å². The molecule has 3 rings (SSSR count). The lowest BCUT2D eigenvalue weighted by molar-refractivity contribution is -0.115. The van der Waals surface area contributed by atoms with Crippen molar-refractivity contribution in [2.24, 2.45) is 0 Å². The van der Waals surface area contributed by atoms with Crippen LogP contribution in [0.1, 0.15) is 24.0 Å². The highest BCUT2D eigenvalue weighted by molar-refractivity contribution is 5.94. The van der Waals surface area contributed by atoms with Gasteiger partial charge in [-0.1, -0.05) is 0 Å². The number of nitrogens with zero attached hydrogens (tertiary/aromatic N) is 1. The summed E-state index contributed by atoms with van der Waals surface area (Å²) in [6, 6.07) is 11.7. The van der Waals surface area contributed by atoms with Crippen LogP contribution in [0.3, 0.4) is 0 Å². The number of rotatable bonds is 7. The highest BCUT2D eigenvalue weighted by Crippen LogP contribution is 2.30. The predicted octanol–water partition coefficient (Wildman–Crippen LogP) is 3.77.